The van der Waals surface area contributed by atoms with E-state index in [2.05, 4.69) is 4.99 Å². The third kappa shape index (κ3) is 1.26. The van der Waals surface area contributed by atoms with Crippen molar-refractivity contribution in [2.75, 3.05) is 0 Å². The number of aliphatic hydroxyl groups is 1. The Morgan fingerprint density at radius 3 is 2.64 bits per heavy atom. The molecule has 1 aromatic rings. The molecule has 1 amide bonds. The van der Waals surface area contributed by atoms with E-state index in [1.807, 2.05) is 19.1 Å². The molecule has 1 aliphatic rings. The predicted octanol–water partition coefficient (Wildman–Crippen LogP) is 1.40. The zero-order valence-corrected chi connectivity index (χ0v) is 7.90. The van der Waals surface area contributed by atoms with Gasteiger partial charge in [0.05, 0.1) is 17.4 Å². The summed E-state index contributed by atoms with van der Waals surface area (Å²) in [4.78, 5) is 15.3. The predicted molar refractivity (Wildman–Crippen MR) is 53.6 cm³/mol. The van der Waals surface area contributed by atoms with Crippen LogP contribution < -0.4 is 0 Å². The molecule has 1 aromatic carbocycles. The van der Waals surface area contributed by atoms with Gasteiger partial charge in [-0.3, -0.25) is 4.79 Å². The fraction of sp³-hybridized carbons (Fsp3) is 0.273. The number of hydrogen-bond acceptors (Lipinski definition) is 2. The lowest BCUT2D eigenvalue weighted by molar-refractivity contribution is 0.100. The highest BCUT2D eigenvalue weighted by molar-refractivity contribution is 6.22. The van der Waals surface area contributed by atoms with E-state index in [9.17, 15) is 9.90 Å². The van der Waals surface area contributed by atoms with Crippen LogP contribution in [-0.2, 0) is 0 Å². The molecule has 0 radical (unpaired) electrons. The van der Waals surface area contributed by atoms with Gasteiger partial charge in [0.15, 0.2) is 0 Å². The number of amides is 1. The third-order valence-corrected chi connectivity index (χ3v) is 2.36. The molecule has 1 unspecified atom stereocenters. The van der Waals surface area contributed by atoms with Crippen LogP contribution in [0.4, 0.5) is 0 Å². The molecule has 14 heavy (non-hydrogen) atoms. The maximum atomic E-state index is 11.4. The standard InChI is InChI=1S/C11H11NO2/c1-2-9(13)10-7-5-3-4-6-8(7)11(14)12-10/h3-6,9,13H,2H2,1H3. The van der Waals surface area contributed by atoms with Gasteiger partial charge >= 0.3 is 0 Å². The average Bonchev–Trinajstić information content (AvgIpc) is 2.56. The summed E-state index contributed by atoms with van der Waals surface area (Å²) in [6.45, 7) is 1.86. The first kappa shape index (κ1) is 9.09. The Morgan fingerprint density at radius 1 is 1.36 bits per heavy atom. The molecule has 0 bridgehead atoms. The molecule has 0 fully saturated rings. The molecule has 0 saturated carbocycles. The zero-order chi connectivity index (χ0) is 10.1. The minimum Gasteiger partial charge on any atom is -0.387 e. The van der Waals surface area contributed by atoms with Crippen molar-refractivity contribution in [3.05, 3.63) is 35.4 Å². The van der Waals surface area contributed by atoms with E-state index in [0.717, 1.165) is 5.56 Å². The Hall–Kier alpha value is -1.48. The third-order valence-electron chi connectivity index (χ3n) is 2.36. The maximum Gasteiger partial charge on any atom is 0.278 e. The van der Waals surface area contributed by atoms with Gasteiger partial charge in [0.2, 0.25) is 0 Å². The number of hydrogen-bond donors (Lipinski definition) is 1. The van der Waals surface area contributed by atoms with Crippen LogP contribution in [0.25, 0.3) is 0 Å². The zero-order valence-electron chi connectivity index (χ0n) is 7.90. The van der Waals surface area contributed by atoms with Crippen LogP contribution in [0, 0.1) is 0 Å². The molecule has 0 spiro atoms. The summed E-state index contributed by atoms with van der Waals surface area (Å²) in [5.41, 5.74) is 1.87. The smallest absolute Gasteiger partial charge is 0.278 e. The number of rotatable bonds is 2. The second-order valence-corrected chi connectivity index (χ2v) is 3.27. The van der Waals surface area contributed by atoms with Crippen LogP contribution in [0.1, 0.15) is 29.3 Å². The molecule has 0 aliphatic carbocycles. The van der Waals surface area contributed by atoms with Crippen LogP contribution in [0.5, 0.6) is 0 Å². The van der Waals surface area contributed by atoms with Gasteiger partial charge in [-0.15, -0.1) is 0 Å². The second kappa shape index (κ2) is 3.35. The van der Waals surface area contributed by atoms with E-state index in [-0.39, 0.29) is 5.91 Å². The minimum absolute atomic E-state index is 0.247. The number of carbonyl (C=O) groups is 1. The van der Waals surface area contributed by atoms with Crippen LogP contribution in [0.2, 0.25) is 0 Å². The summed E-state index contributed by atoms with van der Waals surface area (Å²) in [6, 6.07) is 7.19. The normalized spacial score (nSPS) is 16.4. The Bertz CT molecular complexity index is 410. The van der Waals surface area contributed by atoms with Gasteiger partial charge in [0.1, 0.15) is 0 Å². The van der Waals surface area contributed by atoms with E-state index < -0.39 is 6.10 Å². The fourth-order valence-corrected chi connectivity index (χ4v) is 1.57. The Balaban J connectivity index is 2.49. The van der Waals surface area contributed by atoms with Crippen molar-refractivity contribution in [1.29, 1.82) is 0 Å². The first-order chi connectivity index (χ1) is 6.74. The van der Waals surface area contributed by atoms with Crippen LogP contribution >= 0.6 is 0 Å². The van der Waals surface area contributed by atoms with Crippen LogP contribution in [0.15, 0.2) is 29.3 Å². The average molecular weight is 189 g/mol. The monoisotopic (exact) mass is 189 g/mol. The summed E-state index contributed by atoms with van der Waals surface area (Å²) in [7, 11) is 0. The molecule has 0 saturated heterocycles. The quantitative estimate of drug-likeness (QED) is 0.764. The number of fused-ring (bicyclic) bond motifs is 1. The van der Waals surface area contributed by atoms with E-state index in [1.54, 1.807) is 12.1 Å². The van der Waals surface area contributed by atoms with Crippen molar-refractivity contribution in [3.63, 3.8) is 0 Å². The first-order valence-electron chi connectivity index (χ1n) is 4.64. The van der Waals surface area contributed by atoms with E-state index >= 15 is 0 Å². The van der Waals surface area contributed by atoms with Crippen molar-refractivity contribution < 1.29 is 9.90 Å². The highest BCUT2D eigenvalue weighted by Gasteiger charge is 2.26. The van der Waals surface area contributed by atoms with Gasteiger partial charge in [0, 0.05) is 5.56 Å². The minimum atomic E-state index is -0.636. The molecule has 72 valence electrons. The first-order valence-corrected chi connectivity index (χ1v) is 4.64. The highest BCUT2D eigenvalue weighted by atomic mass is 16.3. The lowest BCUT2D eigenvalue weighted by Crippen LogP contribution is -2.18. The number of aliphatic imine (C=N–C) groups is 1. The van der Waals surface area contributed by atoms with Gasteiger partial charge < -0.3 is 5.11 Å². The fourth-order valence-electron chi connectivity index (χ4n) is 1.57. The second-order valence-electron chi connectivity index (χ2n) is 3.27. The molecule has 2 rings (SSSR count). The Morgan fingerprint density at radius 2 is 2.00 bits per heavy atom. The van der Waals surface area contributed by atoms with Crippen molar-refractivity contribution in [2.45, 2.75) is 19.4 Å². The van der Waals surface area contributed by atoms with E-state index in [0.29, 0.717) is 17.7 Å². The highest BCUT2D eigenvalue weighted by Crippen LogP contribution is 2.20. The van der Waals surface area contributed by atoms with Gasteiger partial charge in [-0.1, -0.05) is 25.1 Å². The Labute approximate surface area is 82.1 Å². The Kier molecular flexibility index (Phi) is 2.17. The maximum absolute atomic E-state index is 11.4. The molecular formula is C11H11NO2. The summed E-state index contributed by atoms with van der Waals surface area (Å²) < 4.78 is 0. The molecule has 3 heteroatoms. The van der Waals surface area contributed by atoms with E-state index in [1.165, 1.54) is 0 Å². The van der Waals surface area contributed by atoms with Crippen LogP contribution in [0.3, 0.4) is 0 Å². The van der Waals surface area contributed by atoms with Crippen molar-refractivity contribution in [3.8, 4) is 0 Å². The van der Waals surface area contributed by atoms with E-state index in [4.69, 9.17) is 0 Å². The van der Waals surface area contributed by atoms with Crippen LogP contribution in [-0.4, -0.2) is 22.8 Å². The van der Waals surface area contributed by atoms with Gasteiger partial charge in [-0.25, -0.2) is 4.99 Å². The molecule has 3 nitrogen and oxygen atoms in total. The van der Waals surface area contributed by atoms with Gasteiger partial charge in [0.25, 0.3) is 5.91 Å². The molecule has 1 atom stereocenters. The van der Waals surface area contributed by atoms with Crippen molar-refractivity contribution >= 4 is 11.6 Å². The summed E-state index contributed by atoms with van der Waals surface area (Å²) >= 11 is 0. The number of benzene rings is 1. The largest absolute Gasteiger partial charge is 0.387 e. The number of carbonyl (C=O) groups excluding carboxylic acids is 1. The molecular weight excluding hydrogens is 178 g/mol. The molecule has 1 N–H and O–H groups in total. The molecule has 1 heterocycles. The molecule has 0 aromatic heterocycles. The van der Waals surface area contributed by atoms with Gasteiger partial charge in [-0.2, -0.15) is 0 Å². The molecule has 1 aliphatic heterocycles. The summed E-state index contributed by atoms with van der Waals surface area (Å²) in [5, 5.41) is 9.64. The summed E-state index contributed by atoms with van der Waals surface area (Å²) in [5.74, 6) is -0.247. The summed E-state index contributed by atoms with van der Waals surface area (Å²) in [6.07, 6.45) is -0.0666. The van der Waals surface area contributed by atoms with Crippen molar-refractivity contribution in [1.82, 2.24) is 0 Å². The number of aliphatic hydroxyl groups excluding tert-OH is 1. The topological polar surface area (TPSA) is 49.7 Å². The number of nitrogens with zero attached hydrogens (tertiary/aromatic N) is 1. The van der Waals surface area contributed by atoms with Crippen molar-refractivity contribution in [2.24, 2.45) is 4.99 Å². The lowest BCUT2D eigenvalue weighted by Gasteiger charge is -2.07. The lowest BCUT2D eigenvalue weighted by atomic mass is 10.0. The SMILES string of the molecule is CCC(O)C1=NC(=O)c2ccccc21. The van der Waals surface area contributed by atoms with Gasteiger partial charge in [-0.05, 0) is 12.5 Å².